The van der Waals surface area contributed by atoms with E-state index in [0.717, 1.165) is 0 Å². The summed E-state index contributed by atoms with van der Waals surface area (Å²) in [4.78, 5) is 0. The molecule has 0 saturated heterocycles. The molecule has 0 aromatic carbocycles. The van der Waals surface area contributed by atoms with Gasteiger partial charge in [-0.05, 0) is 0 Å². The molecule has 0 fully saturated rings. The van der Waals surface area contributed by atoms with E-state index in [1.165, 1.54) is 0 Å². The number of rotatable bonds is 0. The van der Waals surface area contributed by atoms with E-state index < -0.39 is 0 Å². The average molecular weight is 327 g/mol. The van der Waals surface area contributed by atoms with E-state index in [0.29, 0.717) is 0 Å². The zero-order valence-corrected chi connectivity index (χ0v) is 18.0. The van der Waals surface area contributed by atoms with E-state index in [1.54, 1.807) is 0 Å². The van der Waals surface area contributed by atoms with Gasteiger partial charge in [-0.3, -0.25) is 0 Å². The molecular formula is H8Na3S4Sb+3. The maximum absolute atomic E-state index is 0. The fourth-order valence-corrected chi connectivity index (χ4v) is 0. The van der Waals surface area contributed by atoms with Gasteiger partial charge in [0.05, 0.1) is 0 Å². The molecular weight excluding hydrogens is 319 g/mol. The summed E-state index contributed by atoms with van der Waals surface area (Å²) < 4.78 is 0. The van der Waals surface area contributed by atoms with Crippen LogP contribution >= 0.6 is 54.0 Å². The molecule has 0 aromatic rings. The quantitative estimate of drug-likeness (QED) is 0.388. The Morgan fingerprint density at radius 2 is 0.375 bits per heavy atom. The third-order valence-corrected chi connectivity index (χ3v) is 0. The summed E-state index contributed by atoms with van der Waals surface area (Å²) in [6, 6.07) is 0. The van der Waals surface area contributed by atoms with Crippen LogP contribution in [0.4, 0.5) is 0 Å². The standard InChI is InChI=1S/3Na.4H2S.Sb/h;;;4*1H2;/q3*+1;;;;;. The van der Waals surface area contributed by atoms with E-state index in [2.05, 4.69) is 0 Å². The molecule has 0 amide bonds. The number of hydrogen-bond donors (Lipinski definition) is 0. The van der Waals surface area contributed by atoms with Gasteiger partial charge >= 0.3 is 88.7 Å². The van der Waals surface area contributed by atoms with Gasteiger partial charge in [-0.15, -0.1) is 0 Å². The molecule has 0 nitrogen and oxygen atoms in total. The Morgan fingerprint density at radius 3 is 0.375 bits per heavy atom. The van der Waals surface area contributed by atoms with Gasteiger partial charge in [-0.25, -0.2) is 0 Å². The second kappa shape index (κ2) is 56.5. The second-order valence-corrected chi connectivity index (χ2v) is 0. The fourth-order valence-electron chi connectivity index (χ4n) is 0. The van der Waals surface area contributed by atoms with Gasteiger partial charge in [0.15, 0.2) is 0 Å². The van der Waals surface area contributed by atoms with Gasteiger partial charge in [0.25, 0.3) is 0 Å². The Hall–Kier alpha value is 5.22. The molecule has 0 rings (SSSR count). The van der Waals surface area contributed by atoms with E-state index in [1.807, 2.05) is 0 Å². The van der Waals surface area contributed by atoms with Crippen LogP contribution in [-0.4, -0.2) is 24.4 Å². The summed E-state index contributed by atoms with van der Waals surface area (Å²) in [6.45, 7) is 0. The van der Waals surface area contributed by atoms with Crippen LogP contribution in [0, 0.1) is 0 Å². The zero-order valence-electron chi connectivity index (χ0n) is 5.45. The first-order valence-corrected chi connectivity index (χ1v) is 0. The van der Waals surface area contributed by atoms with Crippen LogP contribution in [0.5, 0.6) is 0 Å². The minimum Gasteiger partial charge on any atom is -0.197 e. The van der Waals surface area contributed by atoms with Gasteiger partial charge in [-0.1, -0.05) is 0 Å². The smallest absolute Gasteiger partial charge is 0.197 e. The van der Waals surface area contributed by atoms with Crippen LogP contribution in [0.25, 0.3) is 0 Å². The number of hydrogen-bond acceptors (Lipinski definition) is 0. The molecule has 0 aromatic heterocycles. The molecule has 0 atom stereocenters. The molecule has 8 heteroatoms. The van der Waals surface area contributed by atoms with Crippen LogP contribution in [0.15, 0.2) is 0 Å². The molecule has 0 heterocycles. The molecule has 8 heavy (non-hydrogen) atoms. The largest absolute Gasteiger partial charge is 1.00 e. The van der Waals surface area contributed by atoms with Crippen molar-refractivity contribution in [2.75, 3.05) is 0 Å². The van der Waals surface area contributed by atoms with Gasteiger partial charge in [0, 0.05) is 24.4 Å². The molecule has 0 N–H and O–H groups in total. The van der Waals surface area contributed by atoms with Crippen LogP contribution in [0.2, 0.25) is 0 Å². The summed E-state index contributed by atoms with van der Waals surface area (Å²) in [5.41, 5.74) is 0. The average Bonchev–Trinajstić information content (AvgIpc) is 0. The minimum atomic E-state index is 0. The van der Waals surface area contributed by atoms with Crippen molar-refractivity contribution in [3.8, 4) is 0 Å². The van der Waals surface area contributed by atoms with Crippen LogP contribution in [0.3, 0.4) is 0 Å². The van der Waals surface area contributed by atoms with Crippen molar-refractivity contribution in [2.45, 2.75) is 0 Å². The Labute approximate surface area is 163 Å². The first kappa shape index (κ1) is 72.5. The molecule has 0 unspecified atom stereocenters. The van der Waals surface area contributed by atoms with Crippen LogP contribution < -0.4 is 88.7 Å². The van der Waals surface area contributed by atoms with E-state index in [-0.39, 0.29) is 167 Å². The summed E-state index contributed by atoms with van der Waals surface area (Å²) in [7, 11) is 0. The normalized spacial score (nSPS) is 0. The summed E-state index contributed by atoms with van der Waals surface area (Å²) >= 11 is 0. The van der Waals surface area contributed by atoms with Crippen LogP contribution in [-0.2, 0) is 0 Å². The van der Waals surface area contributed by atoms with Crippen molar-refractivity contribution in [3.05, 3.63) is 0 Å². The molecule has 0 saturated carbocycles. The van der Waals surface area contributed by atoms with Crippen molar-refractivity contribution in [3.63, 3.8) is 0 Å². The van der Waals surface area contributed by atoms with Gasteiger partial charge < -0.3 is 0 Å². The van der Waals surface area contributed by atoms with Crippen molar-refractivity contribution < 1.29 is 88.7 Å². The molecule has 0 aliphatic carbocycles. The molecule has 0 bridgehead atoms. The van der Waals surface area contributed by atoms with Gasteiger partial charge in [-0.2, -0.15) is 54.0 Å². The maximum Gasteiger partial charge on any atom is 1.00 e. The third-order valence-electron chi connectivity index (χ3n) is 0. The predicted molar refractivity (Wildman–Crippen MR) is 47.3 cm³/mol. The van der Waals surface area contributed by atoms with Crippen LogP contribution in [0.1, 0.15) is 0 Å². The Balaban J connectivity index is 0. The first-order valence-electron chi connectivity index (χ1n) is 0. The van der Waals surface area contributed by atoms with E-state index in [4.69, 9.17) is 0 Å². The van der Waals surface area contributed by atoms with Crippen molar-refractivity contribution in [1.82, 2.24) is 0 Å². The molecule has 0 spiro atoms. The molecule has 0 aliphatic heterocycles. The Kier molecular flexibility index (Phi) is 512. The van der Waals surface area contributed by atoms with Crippen molar-refractivity contribution in [2.24, 2.45) is 0 Å². The molecule has 37 valence electrons. The van der Waals surface area contributed by atoms with Gasteiger partial charge in [0.2, 0.25) is 0 Å². The summed E-state index contributed by atoms with van der Waals surface area (Å²) in [5, 5.41) is 0. The molecule has 0 aliphatic rings. The van der Waals surface area contributed by atoms with Crippen molar-refractivity contribution >= 4 is 78.4 Å². The predicted octanol–water partition coefficient (Wildman–Crippen LogP) is -8.92. The van der Waals surface area contributed by atoms with Crippen molar-refractivity contribution in [1.29, 1.82) is 0 Å². The second-order valence-electron chi connectivity index (χ2n) is 0. The summed E-state index contributed by atoms with van der Waals surface area (Å²) in [5.74, 6) is 0. The Bertz CT molecular complexity index is 11.2. The minimum absolute atomic E-state index is 0. The third kappa shape index (κ3) is 43.0. The SMILES string of the molecule is S.S.S.S.[Na+].[Na+].[Na+].[Sb]. The topological polar surface area (TPSA) is 0 Å². The van der Waals surface area contributed by atoms with E-state index >= 15 is 0 Å². The van der Waals surface area contributed by atoms with E-state index in [9.17, 15) is 0 Å². The maximum atomic E-state index is 0. The fraction of sp³-hybridized carbons (Fsp3) is 0. The first-order chi connectivity index (χ1) is 0. The zero-order chi connectivity index (χ0) is 0. The van der Waals surface area contributed by atoms with Gasteiger partial charge in [0.1, 0.15) is 0 Å². The summed E-state index contributed by atoms with van der Waals surface area (Å²) in [6.07, 6.45) is 0. The molecule has 3 radical (unpaired) electrons. The Morgan fingerprint density at radius 1 is 0.375 bits per heavy atom. The monoisotopic (exact) mass is 326 g/mol.